The molecule has 102 valence electrons. The summed E-state index contributed by atoms with van der Waals surface area (Å²) in [7, 11) is 1.64. The third kappa shape index (κ3) is 2.06. The van der Waals surface area contributed by atoms with Crippen molar-refractivity contribution >= 4 is 17.2 Å². The molecule has 0 radical (unpaired) electrons. The minimum absolute atomic E-state index is 0.388. The van der Waals surface area contributed by atoms with Gasteiger partial charge in [0.1, 0.15) is 5.75 Å². The van der Waals surface area contributed by atoms with Crippen molar-refractivity contribution in [1.82, 2.24) is 5.16 Å². The zero-order chi connectivity index (χ0) is 14.1. The van der Waals surface area contributed by atoms with Crippen molar-refractivity contribution in [2.24, 2.45) is 0 Å². The maximum absolute atomic E-state index is 5.98. The molecule has 2 heterocycles. The molecule has 0 saturated heterocycles. The monoisotopic (exact) mass is 286 g/mol. The molecule has 20 heavy (non-hydrogen) atoms. The van der Waals surface area contributed by atoms with Crippen molar-refractivity contribution in [1.29, 1.82) is 0 Å². The van der Waals surface area contributed by atoms with Gasteiger partial charge in [0, 0.05) is 10.9 Å². The number of methoxy groups -OCH3 is 1. The molecule has 0 aliphatic carbocycles. The summed E-state index contributed by atoms with van der Waals surface area (Å²) < 4.78 is 10.7. The van der Waals surface area contributed by atoms with Gasteiger partial charge in [-0.3, -0.25) is 0 Å². The average Bonchev–Trinajstić information content (AvgIpc) is 3.04. The zero-order valence-electron chi connectivity index (χ0n) is 11.2. The largest absolute Gasteiger partial charge is 0.497 e. The number of benzene rings is 1. The van der Waals surface area contributed by atoms with Gasteiger partial charge in [0.05, 0.1) is 12.7 Å². The smallest absolute Gasteiger partial charge is 0.178 e. The summed E-state index contributed by atoms with van der Waals surface area (Å²) in [4.78, 5) is 0. The van der Waals surface area contributed by atoms with E-state index in [0.29, 0.717) is 11.6 Å². The predicted molar refractivity (Wildman–Crippen MR) is 81.0 cm³/mol. The summed E-state index contributed by atoms with van der Waals surface area (Å²) in [5, 5.41) is 8.03. The molecule has 0 aliphatic rings. The number of nitrogen functional groups attached to an aromatic ring is 1. The Morgan fingerprint density at radius 1 is 1.30 bits per heavy atom. The van der Waals surface area contributed by atoms with Gasteiger partial charge in [-0.05, 0) is 35.6 Å². The first-order valence-electron chi connectivity index (χ1n) is 6.13. The van der Waals surface area contributed by atoms with Crippen molar-refractivity contribution in [3.63, 3.8) is 0 Å². The molecular weight excluding hydrogens is 272 g/mol. The fraction of sp³-hybridized carbons (Fsp3) is 0.133. The SMILES string of the molecule is COc1cccc(-c2c(N)noc2-c2cscc2C)c1. The number of aryl methyl sites for hydroxylation is 1. The first kappa shape index (κ1) is 12.7. The highest BCUT2D eigenvalue weighted by Gasteiger charge is 2.19. The number of rotatable bonds is 3. The number of ether oxygens (including phenoxy) is 1. The van der Waals surface area contributed by atoms with Gasteiger partial charge in [0.15, 0.2) is 11.6 Å². The van der Waals surface area contributed by atoms with E-state index in [2.05, 4.69) is 10.5 Å². The molecule has 0 bridgehead atoms. The Morgan fingerprint density at radius 2 is 2.15 bits per heavy atom. The second kappa shape index (κ2) is 5.02. The molecule has 3 aromatic rings. The van der Waals surface area contributed by atoms with E-state index >= 15 is 0 Å². The minimum Gasteiger partial charge on any atom is -0.497 e. The Balaban J connectivity index is 2.19. The number of anilines is 1. The van der Waals surface area contributed by atoms with Gasteiger partial charge in [0.25, 0.3) is 0 Å². The third-order valence-corrected chi connectivity index (χ3v) is 4.04. The molecule has 0 atom stereocenters. The minimum atomic E-state index is 0.388. The van der Waals surface area contributed by atoms with E-state index in [4.69, 9.17) is 15.0 Å². The second-order valence-electron chi connectivity index (χ2n) is 4.47. The van der Waals surface area contributed by atoms with Crippen LogP contribution < -0.4 is 10.5 Å². The molecule has 0 spiro atoms. The van der Waals surface area contributed by atoms with Gasteiger partial charge in [0.2, 0.25) is 0 Å². The van der Waals surface area contributed by atoms with Crippen LogP contribution in [0.2, 0.25) is 0 Å². The lowest BCUT2D eigenvalue weighted by atomic mass is 10.0. The molecule has 1 aromatic carbocycles. The van der Waals surface area contributed by atoms with E-state index in [1.807, 2.05) is 36.6 Å². The third-order valence-electron chi connectivity index (χ3n) is 3.18. The Hall–Kier alpha value is -2.27. The molecular formula is C15H14N2O2S. The van der Waals surface area contributed by atoms with E-state index in [1.165, 1.54) is 0 Å². The highest BCUT2D eigenvalue weighted by Crippen LogP contribution is 2.39. The summed E-state index contributed by atoms with van der Waals surface area (Å²) in [6.45, 7) is 2.04. The van der Waals surface area contributed by atoms with E-state index < -0.39 is 0 Å². The van der Waals surface area contributed by atoms with Crippen LogP contribution >= 0.6 is 11.3 Å². The number of aromatic nitrogens is 1. The lowest BCUT2D eigenvalue weighted by Gasteiger charge is -2.05. The maximum Gasteiger partial charge on any atom is 0.178 e. The first-order valence-corrected chi connectivity index (χ1v) is 7.07. The van der Waals surface area contributed by atoms with Gasteiger partial charge >= 0.3 is 0 Å². The number of nitrogens with zero attached hydrogens (tertiary/aromatic N) is 1. The number of hydrogen-bond donors (Lipinski definition) is 1. The quantitative estimate of drug-likeness (QED) is 0.791. The van der Waals surface area contributed by atoms with Crippen molar-refractivity contribution in [2.45, 2.75) is 6.92 Å². The molecule has 5 heteroatoms. The normalized spacial score (nSPS) is 10.7. The van der Waals surface area contributed by atoms with Crippen molar-refractivity contribution in [3.8, 4) is 28.2 Å². The number of nitrogens with two attached hydrogens (primary N) is 1. The van der Waals surface area contributed by atoms with Crippen LogP contribution in [0, 0.1) is 6.92 Å². The van der Waals surface area contributed by atoms with Crippen molar-refractivity contribution in [2.75, 3.05) is 12.8 Å². The first-order chi connectivity index (χ1) is 9.70. The molecule has 0 saturated carbocycles. The van der Waals surface area contributed by atoms with Crippen LogP contribution in [0.1, 0.15) is 5.56 Å². The van der Waals surface area contributed by atoms with Crippen LogP contribution in [0.25, 0.3) is 22.5 Å². The Morgan fingerprint density at radius 3 is 2.85 bits per heavy atom. The summed E-state index contributed by atoms with van der Waals surface area (Å²) in [6.07, 6.45) is 0. The van der Waals surface area contributed by atoms with Gasteiger partial charge in [-0.25, -0.2) is 0 Å². The fourth-order valence-electron chi connectivity index (χ4n) is 2.14. The van der Waals surface area contributed by atoms with Gasteiger partial charge < -0.3 is 15.0 Å². The van der Waals surface area contributed by atoms with Crippen LogP contribution in [0.15, 0.2) is 39.5 Å². The molecule has 2 aromatic heterocycles. The molecule has 2 N–H and O–H groups in total. The maximum atomic E-state index is 5.98. The molecule has 3 rings (SSSR count). The topological polar surface area (TPSA) is 61.3 Å². The molecule has 4 nitrogen and oxygen atoms in total. The van der Waals surface area contributed by atoms with Crippen LogP contribution in [-0.4, -0.2) is 12.3 Å². The Labute approximate surface area is 120 Å². The van der Waals surface area contributed by atoms with E-state index in [9.17, 15) is 0 Å². The average molecular weight is 286 g/mol. The summed E-state index contributed by atoms with van der Waals surface area (Å²) in [5.41, 5.74) is 9.90. The van der Waals surface area contributed by atoms with Gasteiger partial charge in [-0.2, -0.15) is 11.3 Å². The summed E-state index contributed by atoms with van der Waals surface area (Å²) in [5.74, 6) is 1.87. The van der Waals surface area contributed by atoms with Crippen LogP contribution in [0.3, 0.4) is 0 Å². The fourth-order valence-corrected chi connectivity index (χ4v) is 2.97. The van der Waals surface area contributed by atoms with Crippen LogP contribution in [0.5, 0.6) is 5.75 Å². The lowest BCUT2D eigenvalue weighted by molar-refractivity contribution is 0.415. The van der Waals surface area contributed by atoms with E-state index in [-0.39, 0.29) is 0 Å². The lowest BCUT2D eigenvalue weighted by Crippen LogP contribution is -1.90. The number of hydrogen-bond acceptors (Lipinski definition) is 5. The molecule has 0 unspecified atom stereocenters. The van der Waals surface area contributed by atoms with Crippen molar-refractivity contribution < 1.29 is 9.26 Å². The molecule has 0 fully saturated rings. The van der Waals surface area contributed by atoms with E-state index in [0.717, 1.165) is 28.0 Å². The molecule has 0 aliphatic heterocycles. The van der Waals surface area contributed by atoms with Gasteiger partial charge in [-0.15, -0.1) is 0 Å². The van der Waals surface area contributed by atoms with Crippen LogP contribution in [-0.2, 0) is 0 Å². The highest BCUT2D eigenvalue weighted by molar-refractivity contribution is 7.08. The Kier molecular flexibility index (Phi) is 3.20. The van der Waals surface area contributed by atoms with E-state index in [1.54, 1.807) is 18.4 Å². The second-order valence-corrected chi connectivity index (χ2v) is 5.22. The Bertz CT molecular complexity index is 746. The summed E-state index contributed by atoms with van der Waals surface area (Å²) in [6, 6.07) is 7.71. The number of thiophene rings is 1. The predicted octanol–water partition coefficient (Wildman–Crippen LogP) is 3.97. The van der Waals surface area contributed by atoms with Crippen molar-refractivity contribution in [3.05, 3.63) is 40.6 Å². The standard InChI is InChI=1S/C15H14N2O2S/c1-9-7-20-8-12(9)14-13(15(16)17-19-14)10-4-3-5-11(6-10)18-2/h3-8H,1-2H3,(H2,16,17). The van der Waals surface area contributed by atoms with Gasteiger partial charge in [-0.1, -0.05) is 17.3 Å². The highest BCUT2D eigenvalue weighted by atomic mass is 32.1. The zero-order valence-corrected chi connectivity index (χ0v) is 12.0. The van der Waals surface area contributed by atoms with Crippen LogP contribution in [0.4, 0.5) is 5.82 Å². The molecule has 0 amide bonds. The summed E-state index contributed by atoms with van der Waals surface area (Å²) >= 11 is 1.63.